The third-order valence-electron chi connectivity index (χ3n) is 7.14. The predicted octanol–water partition coefficient (Wildman–Crippen LogP) is 2.66. The van der Waals surface area contributed by atoms with Crippen molar-refractivity contribution in [3.05, 3.63) is 70.1 Å². The van der Waals surface area contributed by atoms with Gasteiger partial charge in [-0.1, -0.05) is 18.2 Å². The molecule has 202 valence electrons. The number of rotatable bonds is 9. The van der Waals surface area contributed by atoms with Gasteiger partial charge in [0, 0.05) is 47.7 Å². The molecule has 2 aromatic heterocycles. The minimum Gasteiger partial charge on any atom is -0.496 e. The number of amides is 2. The highest BCUT2D eigenvalue weighted by atomic mass is 16.5. The maximum absolute atomic E-state index is 13.1. The summed E-state index contributed by atoms with van der Waals surface area (Å²) in [5, 5.41) is 3.92. The summed E-state index contributed by atoms with van der Waals surface area (Å²) in [6.45, 7) is 1.67. The van der Waals surface area contributed by atoms with Crippen molar-refractivity contribution in [1.29, 1.82) is 0 Å². The highest BCUT2D eigenvalue weighted by Crippen LogP contribution is 2.31. The number of hydrogen-bond donors (Lipinski definition) is 2. The number of benzene rings is 2. The van der Waals surface area contributed by atoms with Crippen LogP contribution in [0, 0.1) is 0 Å². The molecule has 0 spiro atoms. The molecule has 1 fully saturated rings. The van der Waals surface area contributed by atoms with Crippen LogP contribution < -0.4 is 20.3 Å². The maximum Gasteiger partial charge on any atom is 0.292 e. The Hall–Kier alpha value is -4.60. The fraction of sp³-hybridized carbons (Fsp3) is 0.310. The van der Waals surface area contributed by atoms with E-state index >= 15 is 0 Å². The van der Waals surface area contributed by atoms with Crippen molar-refractivity contribution in [2.24, 2.45) is 0 Å². The fourth-order valence-electron chi connectivity index (χ4n) is 5.10. The number of para-hydroxylation sites is 1. The highest BCUT2D eigenvalue weighted by molar-refractivity contribution is 6.45. The van der Waals surface area contributed by atoms with Gasteiger partial charge in [-0.2, -0.15) is 0 Å². The molecule has 0 radical (unpaired) electrons. The normalized spacial score (nSPS) is 13.1. The summed E-state index contributed by atoms with van der Waals surface area (Å²) in [7, 11) is 3.06. The first-order chi connectivity index (χ1) is 18.9. The van der Waals surface area contributed by atoms with Crippen LogP contribution in [0.4, 0.5) is 0 Å². The number of aromatic amines is 1. The zero-order chi connectivity index (χ0) is 27.5. The van der Waals surface area contributed by atoms with Crippen LogP contribution in [0.25, 0.3) is 21.8 Å². The van der Waals surface area contributed by atoms with Gasteiger partial charge >= 0.3 is 0 Å². The molecule has 2 N–H and O–H groups in total. The number of H-pyrrole nitrogens is 1. The lowest BCUT2D eigenvalue weighted by atomic mass is 10.1. The monoisotopic (exact) mass is 530 g/mol. The summed E-state index contributed by atoms with van der Waals surface area (Å²) >= 11 is 0. The van der Waals surface area contributed by atoms with E-state index in [0.29, 0.717) is 38.9 Å². The first kappa shape index (κ1) is 26.0. The summed E-state index contributed by atoms with van der Waals surface area (Å²) in [4.78, 5) is 56.0. The molecule has 10 nitrogen and oxygen atoms in total. The third kappa shape index (κ3) is 5.09. The van der Waals surface area contributed by atoms with Crippen LogP contribution in [-0.4, -0.2) is 65.9 Å². The minimum atomic E-state index is -0.778. The SMILES string of the molecule is COc1ccc(OC)c2[nH]c(=O)c(CCNC(=O)C(=O)c3cn(CC(=O)N4CCCC4)c4ccccc34)cc12. The molecular weight excluding hydrogens is 500 g/mol. The van der Waals surface area contributed by atoms with Gasteiger partial charge in [-0.3, -0.25) is 19.2 Å². The smallest absolute Gasteiger partial charge is 0.292 e. The number of ketones is 1. The quantitative estimate of drug-likeness (QED) is 0.253. The molecule has 39 heavy (non-hydrogen) atoms. The standard InChI is InChI=1S/C29H30N4O6/c1-38-23-9-10-24(39-2)26-20(23)15-18(28(36)31-26)11-12-30-29(37)27(35)21-16-33(22-8-4-3-7-19(21)22)17-25(34)32-13-5-6-14-32/h3-4,7-10,15-16H,5-6,11-14,17H2,1-2H3,(H,30,37)(H,31,36). The molecule has 0 atom stereocenters. The molecule has 0 bridgehead atoms. The Kier molecular flexibility index (Phi) is 7.36. The summed E-state index contributed by atoms with van der Waals surface area (Å²) in [6.07, 6.45) is 3.77. The van der Waals surface area contributed by atoms with Crippen LogP contribution in [0.1, 0.15) is 28.8 Å². The molecule has 10 heteroatoms. The Labute approximate surface area is 224 Å². The van der Waals surface area contributed by atoms with E-state index in [1.54, 1.807) is 41.1 Å². The van der Waals surface area contributed by atoms with Crippen molar-refractivity contribution in [3.8, 4) is 11.5 Å². The van der Waals surface area contributed by atoms with Gasteiger partial charge in [0.1, 0.15) is 18.0 Å². The Balaban J connectivity index is 1.31. The molecule has 2 aromatic carbocycles. The number of hydrogen-bond acceptors (Lipinski definition) is 6. The van der Waals surface area contributed by atoms with Crippen LogP contribution >= 0.6 is 0 Å². The van der Waals surface area contributed by atoms with Crippen molar-refractivity contribution in [2.45, 2.75) is 25.8 Å². The van der Waals surface area contributed by atoms with E-state index in [9.17, 15) is 19.2 Å². The number of carbonyl (C=O) groups is 3. The lowest BCUT2D eigenvalue weighted by molar-refractivity contribution is -0.130. The largest absolute Gasteiger partial charge is 0.496 e. The van der Waals surface area contributed by atoms with Crippen LogP contribution in [0.2, 0.25) is 0 Å². The van der Waals surface area contributed by atoms with Gasteiger partial charge in [0.25, 0.3) is 17.2 Å². The van der Waals surface area contributed by atoms with Gasteiger partial charge in [0.05, 0.1) is 25.3 Å². The molecule has 0 saturated carbocycles. The van der Waals surface area contributed by atoms with Gasteiger partial charge in [-0.15, -0.1) is 0 Å². The van der Waals surface area contributed by atoms with Gasteiger partial charge < -0.3 is 29.2 Å². The number of aromatic nitrogens is 2. The number of Topliss-reactive ketones (excluding diaryl/α,β-unsaturated/α-hetero) is 1. The molecule has 1 aliphatic heterocycles. The molecule has 1 aliphatic rings. The fourth-order valence-corrected chi connectivity index (χ4v) is 5.10. The number of methoxy groups -OCH3 is 2. The van der Waals surface area contributed by atoms with E-state index in [1.165, 1.54) is 14.2 Å². The number of fused-ring (bicyclic) bond motifs is 2. The van der Waals surface area contributed by atoms with Gasteiger partial charge in [-0.25, -0.2) is 0 Å². The average molecular weight is 531 g/mol. The number of carbonyl (C=O) groups excluding carboxylic acids is 3. The summed E-state index contributed by atoms with van der Waals surface area (Å²) in [5.41, 5.74) is 1.58. The van der Waals surface area contributed by atoms with E-state index < -0.39 is 11.7 Å². The second-order valence-electron chi connectivity index (χ2n) is 9.49. The zero-order valence-electron chi connectivity index (χ0n) is 21.9. The Bertz CT molecular complexity index is 1630. The molecule has 3 heterocycles. The maximum atomic E-state index is 13.1. The van der Waals surface area contributed by atoms with E-state index in [-0.39, 0.29) is 36.5 Å². The second-order valence-corrected chi connectivity index (χ2v) is 9.49. The Morgan fingerprint density at radius 3 is 2.44 bits per heavy atom. The van der Waals surface area contributed by atoms with Crippen LogP contribution in [0.15, 0.2) is 53.5 Å². The second kappa shape index (κ2) is 11.0. The number of nitrogens with zero attached hydrogens (tertiary/aromatic N) is 2. The van der Waals surface area contributed by atoms with Gasteiger partial charge in [0.2, 0.25) is 5.91 Å². The summed E-state index contributed by atoms with van der Waals surface area (Å²) < 4.78 is 12.5. The van der Waals surface area contributed by atoms with E-state index in [2.05, 4.69) is 10.3 Å². The van der Waals surface area contributed by atoms with Crippen LogP contribution in [0.5, 0.6) is 11.5 Å². The van der Waals surface area contributed by atoms with Gasteiger partial charge in [-0.05, 0) is 43.5 Å². The van der Waals surface area contributed by atoms with Crippen molar-refractivity contribution >= 4 is 39.4 Å². The van der Waals surface area contributed by atoms with Crippen molar-refractivity contribution < 1.29 is 23.9 Å². The average Bonchev–Trinajstić information content (AvgIpc) is 3.61. The van der Waals surface area contributed by atoms with Crippen LogP contribution in [-0.2, 0) is 22.6 Å². The van der Waals surface area contributed by atoms with Gasteiger partial charge in [0.15, 0.2) is 0 Å². The topological polar surface area (TPSA) is 123 Å². The Morgan fingerprint density at radius 1 is 0.974 bits per heavy atom. The number of ether oxygens (including phenoxy) is 2. The summed E-state index contributed by atoms with van der Waals surface area (Å²) in [5.74, 6) is -0.402. The first-order valence-corrected chi connectivity index (χ1v) is 12.9. The first-order valence-electron chi connectivity index (χ1n) is 12.9. The van der Waals surface area contributed by atoms with Crippen molar-refractivity contribution in [2.75, 3.05) is 33.9 Å². The lowest BCUT2D eigenvalue weighted by Crippen LogP contribution is -2.33. The molecule has 1 saturated heterocycles. The molecule has 0 unspecified atom stereocenters. The number of nitrogens with one attached hydrogen (secondary N) is 2. The highest BCUT2D eigenvalue weighted by Gasteiger charge is 2.24. The number of likely N-dealkylation sites (tertiary alicyclic amines) is 1. The third-order valence-corrected chi connectivity index (χ3v) is 7.14. The Morgan fingerprint density at radius 2 is 1.69 bits per heavy atom. The minimum absolute atomic E-state index is 0.00781. The van der Waals surface area contributed by atoms with E-state index in [4.69, 9.17) is 9.47 Å². The van der Waals surface area contributed by atoms with Crippen molar-refractivity contribution in [3.63, 3.8) is 0 Å². The molecule has 0 aliphatic carbocycles. The predicted molar refractivity (Wildman–Crippen MR) is 146 cm³/mol. The lowest BCUT2D eigenvalue weighted by Gasteiger charge is -2.15. The van der Waals surface area contributed by atoms with E-state index in [0.717, 1.165) is 25.9 Å². The molecular formula is C29H30N4O6. The van der Waals surface area contributed by atoms with E-state index in [1.807, 2.05) is 17.0 Å². The molecule has 5 rings (SSSR count). The zero-order valence-corrected chi connectivity index (χ0v) is 21.9. The molecule has 4 aromatic rings. The summed E-state index contributed by atoms with van der Waals surface area (Å²) in [6, 6.07) is 12.4. The van der Waals surface area contributed by atoms with Crippen LogP contribution in [0.3, 0.4) is 0 Å². The number of pyridine rings is 1. The molecule has 2 amide bonds. The van der Waals surface area contributed by atoms with Crippen molar-refractivity contribution in [1.82, 2.24) is 19.8 Å².